The van der Waals surface area contributed by atoms with Gasteiger partial charge in [0, 0.05) is 18.6 Å². The van der Waals surface area contributed by atoms with Gasteiger partial charge in [0.2, 0.25) is 23.6 Å². The van der Waals surface area contributed by atoms with E-state index in [4.69, 9.17) is 16.6 Å². The molecule has 13 nitrogen and oxygen atoms in total. The third-order valence-corrected chi connectivity index (χ3v) is 5.28. The van der Waals surface area contributed by atoms with Crippen molar-refractivity contribution in [2.75, 3.05) is 5.75 Å². The van der Waals surface area contributed by atoms with E-state index in [9.17, 15) is 33.9 Å². The number of nitrogens with one attached hydrogen (secondary N) is 3. The molecule has 0 aromatic heterocycles. The van der Waals surface area contributed by atoms with E-state index in [0.717, 1.165) is 0 Å². The molecule has 14 heteroatoms. The van der Waals surface area contributed by atoms with Crippen LogP contribution in [0.1, 0.15) is 46.0 Å². The van der Waals surface area contributed by atoms with Crippen molar-refractivity contribution in [2.45, 2.75) is 70.1 Å². The van der Waals surface area contributed by atoms with E-state index in [1.807, 2.05) is 0 Å². The standard InChI is InChI=1S/C19H33N5O8S/c1-3-9(2)15(19(31)32)24-18(30)12(8-33)23-17(29)11(5-6-13(21)25)22-16(28)10(20)4-7-14(26)27/h9-12,15,33H,3-8,20H2,1-2H3,(H2,21,25)(H,22,28)(H,23,29)(H,24,30)(H,26,27)(H,31,32). The van der Waals surface area contributed by atoms with Crippen LogP contribution < -0.4 is 27.4 Å². The summed E-state index contributed by atoms with van der Waals surface area (Å²) in [5, 5.41) is 25.1. The van der Waals surface area contributed by atoms with Crippen molar-refractivity contribution in [3.8, 4) is 0 Å². The number of primary amides is 1. The Hall–Kier alpha value is -2.87. The molecule has 0 heterocycles. The fourth-order valence-electron chi connectivity index (χ4n) is 2.65. The average Bonchev–Trinajstić information content (AvgIpc) is 2.75. The summed E-state index contributed by atoms with van der Waals surface area (Å²) in [5.41, 5.74) is 10.7. The van der Waals surface area contributed by atoms with E-state index in [-0.39, 0.29) is 37.4 Å². The Labute approximate surface area is 196 Å². The zero-order valence-corrected chi connectivity index (χ0v) is 19.5. The molecule has 5 atom stereocenters. The van der Waals surface area contributed by atoms with Crippen molar-refractivity contribution in [3.63, 3.8) is 0 Å². The minimum Gasteiger partial charge on any atom is -0.481 e. The Balaban J connectivity index is 5.33. The number of aliphatic carboxylic acids is 2. The van der Waals surface area contributed by atoms with Crippen LogP contribution in [-0.2, 0) is 28.8 Å². The summed E-state index contributed by atoms with van der Waals surface area (Å²) in [4.78, 5) is 70.7. The number of nitrogens with two attached hydrogens (primary N) is 2. The van der Waals surface area contributed by atoms with Gasteiger partial charge in [0.05, 0.1) is 6.04 Å². The summed E-state index contributed by atoms with van der Waals surface area (Å²) in [7, 11) is 0. The average molecular weight is 492 g/mol. The largest absolute Gasteiger partial charge is 0.481 e. The predicted octanol–water partition coefficient (Wildman–Crippen LogP) is -2.04. The molecule has 0 aliphatic heterocycles. The molecule has 188 valence electrons. The molecule has 0 aliphatic rings. The summed E-state index contributed by atoms with van der Waals surface area (Å²) in [6.45, 7) is 3.41. The highest BCUT2D eigenvalue weighted by atomic mass is 32.1. The first-order valence-electron chi connectivity index (χ1n) is 10.3. The number of hydrogen-bond acceptors (Lipinski definition) is 8. The first kappa shape index (κ1) is 30.1. The van der Waals surface area contributed by atoms with Crippen LogP contribution in [0.5, 0.6) is 0 Å². The van der Waals surface area contributed by atoms with Crippen LogP contribution in [0.2, 0.25) is 0 Å². The van der Waals surface area contributed by atoms with E-state index in [2.05, 4.69) is 28.6 Å². The predicted molar refractivity (Wildman–Crippen MR) is 120 cm³/mol. The number of carboxylic acids is 2. The van der Waals surface area contributed by atoms with E-state index >= 15 is 0 Å². The van der Waals surface area contributed by atoms with Gasteiger partial charge in [-0.25, -0.2) is 4.79 Å². The highest BCUT2D eigenvalue weighted by molar-refractivity contribution is 7.80. The second-order valence-corrected chi connectivity index (χ2v) is 7.92. The van der Waals surface area contributed by atoms with Crippen molar-refractivity contribution in [2.24, 2.45) is 17.4 Å². The maximum Gasteiger partial charge on any atom is 0.326 e. The van der Waals surface area contributed by atoms with Gasteiger partial charge in [-0.3, -0.25) is 24.0 Å². The lowest BCUT2D eigenvalue weighted by Gasteiger charge is -2.25. The zero-order chi connectivity index (χ0) is 25.7. The third kappa shape index (κ3) is 11.5. The maximum absolute atomic E-state index is 12.7. The Morgan fingerprint density at radius 3 is 1.88 bits per heavy atom. The van der Waals surface area contributed by atoms with E-state index < -0.39 is 59.7 Å². The second-order valence-electron chi connectivity index (χ2n) is 7.56. The fraction of sp³-hybridized carbons (Fsp3) is 0.684. The molecule has 9 N–H and O–H groups in total. The summed E-state index contributed by atoms with van der Waals surface area (Å²) >= 11 is 4.02. The van der Waals surface area contributed by atoms with Gasteiger partial charge in [0.1, 0.15) is 18.1 Å². The zero-order valence-electron chi connectivity index (χ0n) is 18.6. The van der Waals surface area contributed by atoms with Gasteiger partial charge in [0.25, 0.3) is 0 Å². The van der Waals surface area contributed by atoms with Crippen LogP contribution in [0.3, 0.4) is 0 Å². The maximum atomic E-state index is 12.7. The van der Waals surface area contributed by atoms with E-state index in [1.54, 1.807) is 13.8 Å². The molecule has 0 radical (unpaired) electrons. The Kier molecular flexibility index (Phi) is 13.7. The number of rotatable bonds is 16. The molecular weight excluding hydrogens is 458 g/mol. The van der Waals surface area contributed by atoms with Gasteiger partial charge in [-0.15, -0.1) is 0 Å². The van der Waals surface area contributed by atoms with Crippen molar-refractivity contribution in [3.05, 3.63) is 0 Å². The molecule has 0 bridgehead atoms. The van der Waals surface area contributed by atoms with Crippen molar-refractivity contribution in [1.29, 1.82) is 0 Å². The lowest BCUT2D eigenvalue weighted by molar-refractivity contribution is -0.143. The number of hydrogen-bond donors (Lipinski definition) is 8. The second kappa shape index (κ2) is 15.1. The Bertz CT molecular complexity index is 735. The lowest BCUT2D eigenvalue weighted by atomic mass is 9.99. The summed E-state index contributed by atoms with van der Waals surface area (Å²) in [6.07, 6.45) is -0.535. The van der Waals surface area contributed by atoms with Crippen LogP contribution in [-0.4, -0.2) is 75.7 Å². The molecule has 5 unspecified atom stereocenters. The molecule has 0 aliphatic carbocycles. The monoisotopic (exact) mass is 491 g/mol. The minimum absolute atomic E-state index is 0.181. The Morgan fingerprint density at radius 2 is 1.42 bits per heavy atom. The minimum atomic E-state index is -1.30. The van der Waals surface area contributed by atoms with Crippen LogP contribution in [0.25, 0.3) is 0 Å². The molecule has 0 aromatic carbocycles. The molecular formula is C19H33N5O8S. The van der Waals surface area contributed by atoms with Crippen molar-refractivity contribution in [1.82, 2.24) is 16.0 Å². The van der Waals surface area contributed by atoms with Crippen LogP contribution in [0, 0.1) is 5.92 Å². The Morgan fingerprint density at radius 1 is 0.879 bits per heavy atom. The number of thiol groups is 1. The topological polar surface area (TPSA) is 231 Å². The third-order valence-electron chi connectivity index (χ3n) is 4.91. The molecule has 0 rings (SSSR count). The fourth-order valence-corrected chi connectivity index (χ4v) is 2.90. The highest BCUT2D eigenvalue weighted by Gasteiger charge is 2.31. The first-order chi connectivity index (χ1) is 15.3. The highest BCUT2D eigenvalue weighted by Crippen LogP contribution is 2.09. The molecule has 0 fully saturated rings. The van der Waals surface area contributed by atoms with Crippen molar-refractivity contribution < 1.29 is 39.0 Å². The normalized spacial score (nSPS) is 15.3. The van der Waals surface area contributed by atoms with Gasteiger partial charge in [-0.05, 0) is 18.8 Å². The summed E-state index contributed by atoms with van der Waals surface area (Å²) < 4.78 is 0. The van der Waals surface area contributed by atoms with Crippen molar-refractivity contribution >= 4 is 48.2 Å². The first-order valence-corrected chi connectivity index (χ1v) is 11.0. The van der Waals surface area contributed by atoms with Gasteiger partial charge < -0.3 is 37.6 Å². The number of carboxylic acid groups (broad SMARTS) is 2. The quantitative estimate of drug-likeness (QED) is 0.111. The number of carbonyl (C=O) groups is 6. The number of amides is 4. The van der Waals surface area contributed by atoms with Gasteiger partial charge >= 0.3 is 11.9 Å². The molecule has 4 amide bonds. The lowest BCUT2D eigenvalue weighted by Crippen LogP contribution is -2.58. The van der Waals surface area contributed by atoms with Crippen LogP contribution in [0.15, 0.2) is 0 Å². The van der Waals surface area contributed by atoms with Crippen LogP contribution >= 0.6 is 12.6 Å². The molecule has 0 spiro atoms. The summed E-state index contributed by atoms with van der Waals surface area (Å²) in [5.74, 6) is -6.14. The van der Waals surface area contributed by atoms with Gasteiger partial charge in [-0.1, -0.05) is 20.3 Å². The molecule has 0 saturated heterocycles. The molecule has 0 aromatic rings. The smallest absolute Gasteiger partial charge is 0.326 e. The van der Waals surface area contributed by atoms with Crippen LogP contribution in [0.4, 0.5) is 0 Å². The SMILES string of the molecule is CCC(C)C(NC(=O)C(CS)NC(=O)C(CCC(N)=O)NC(=O)C(N)CCC(=O)O)C(=O)O. The van der Waals surface area contributed by atoms with E-state index in [0.29, 0.717) is 6.42 Å². The van der Waals surface area contributed by atoms with E-state index in [1.165, 1.54) is 0 Å². The summed E-state index contributed by atoms with van der Waals surface area (Å²) in [6, 6.07) is -4.94. The van der Waals surface area contributed by atoms with Gasteiger partial charge in [-0.2, -0.15) is 12.6 Å². The molecule has 33 heavy (non-hydrogen) atoms. The number of carbonyl (C=O) groups excluding carboxylic acids is 4. The molecule has 0 saturated carbocycles. The van der Waals surface area contributed by atoms with Gasteiger partial charge in [0.15, 0.2) is 0 Å².